The molecule has 8 heteroatoms. The van der Waals surface area contributed by atoms with Crippen molar-refractivity contribution in [3.8, 4) is 0 Å². The Balaban J connectivity index is 1.44. The van der Waals surface area contributed by atoms with E-state index in [2.05, 4.69) is 9.88 Å². The number of hydrogen-bond donors (Lipinski definition) is 0. The minimum atomic E-state index is -4.34. The van der Waals surface area contributed by atoms with E-state index in [1.165, 1.54) is 16.5 Å². The molecule has 0 bridgehead atoms. The van der Waals surface area contributed by atoms with E-state index in [-0.39, 0.29) is 5.56 Å². The van der Waals surface area contributed by atoms with Gasteiger partial charge in [0.25, 0.3) is 5.56 Å². The van der Waals surface area contributed by atoms with Crippen molar-refractivity contribution in [1.29, 1.82) is 0 Å². The summed E-state index contributed by atoms with van der Waals surface area (Å²) in [4.78, 5) is 21.0. The third-order valence-electron chi connectivity index (χ3n) is 5.16. The zero-order valence-electron chi connectivity index (χ0n) is 16.0. The molecule has 1 fully saturated rings. The standard InChI is InChI=1S/C21H21F3N4O/c1-15-5-6-19-25-17(12-20(29)28(19)13-15)14-26-7-9-27(10-8-26)18-4-2-3-16(11-18)21(22,23)24/h2-6,11-13H,7-10,14H2,1H3. The summed E-state index contributed by atoms with van der Waals surface area (Å²) in [5.41, 5.74) is 2.13. The second-order valence-electron chi connectivity index (χ2n) is 7.33. The zero-order chi connectivity index (χ0) is 20.6. The van der Waals surface area contributed by atoms with Crippen LogP contribution in [0.25, 0.3) is 5.65 Å². The molecule has 4 rings (SSSR count). The molecular formula is C21H21F3N4O. The molecule has 0 spiro atoms. The van der Waals surface area contributed by atoms with Crippen molar-refractivity contribution < 1.29 is 13.2 Å². The molecule has 0 unspecified atom stereocenters. The van der Waals surface area contributed by atoms with Crippen molar-refractivity contribution in [1.82, 2.24) is 14.3 Å². The lowest BCUT2D eigenvalue weighted by Gasteiger charge is -2.36. The first-order valence-corrected chi connectivity index (χ1v) is 9.43. The second kappa shape index (κ2) is 7.51. The molecule has 1 saturated heterocycles. The first-order valence-electron chi connectivity index (χ1n) is 9.43. The minimum absolute atomic E-state index is 0.115. The molecule has 3 heterocycles. The third-order valence-corrected chi connectivity index (χ3v) is 5.16. The molecule has 2 aromatic heterocycles. The summed E-state index contributed by atoms with van der Waals surface area (Å²) in [6.45, 7) is 5.07. The van der Waals surface area contributed by atoms with Gasteiger partial charge in [0, 0.05) is 50.7 Å². The van der Waals surface area contributed by atoms with Crippen LogP contribution in [0.3, 0.4) is 0 Å². The highest BCUT2D eigenvalue weighted by molar-refractivity contribution is 5.49. The highest BCUT2D eigenvalue weighted by Gasteiger charge is 2.31. The maximum Gasteiger partial charge on any atom is 0.416 e. The smallest absolute Gasteiger partial charge is 0.369 e. The largest absolute Gasteiger partial charge is 0.416 e. The zero-order valence-corrected chi connectivity index (χ0v) is 16.0. The lowest BCUT2D eigenvalue weighted by molar-refractivity contribution is -0.137. The molecule has 0 amide bonds. The molecule has 3 aromatic rings. The number of rotatable bonds is 3. The first-order chi connectivity index (χ1) is 13.8. The van der Waals surface area contributed by atoms with E-state index < -0.39 is 11.7 Å². The highest BCUT2D eigenvalue weighted by atomic mass is 19.4. The van der Waals surface area contributed by atoms with Crippen LogP contribution >= 0.6 is 0 Å². The van der Waals surface area contributed by atoms with Gasteiger partial charge >= 0.3 is 6.18 Å². The van der Waals surface area contributed by atoms with Gasteiger partial charge in [-0.25, -0.2) is 4.98 Å². The maximum absolute atomic E-state index is 12.9. The highest BCUT2D eigenvalue weighted by Crippen LogP contribution is 2.31. The summed E-state index contributed by atoms with van der Waals surface area (Å²) in [5, 5.41) is 0. The van der Waals surface area contributed by atoms with Gasteiger partial charge in [-0.2, -0.15) is 13.2 Å². The molecule has 0 aliphatic carbocycles. The number of piperazine rings is 1. The Kier molecular flexibility index (Phi) is 5.04. The van der Waals surface area contributed by atoms with Crippen LogP contribution in [0.15, 0.2) is 53.5 Å². The Labute approximate surface area is 166 Å². The predicted octanol–water partition coefficient (Wildman–Crippen LogP) is 3.34. The molecule has 1 aromatic carbocycles. The van der Waals surface area contributed by atoms with Crippen LogP contribution in [-0.4, -0.2) is 40.5 Å². The lowest BCUT2D eigenvalue weighted by atomic mass is 10.1. The van der Waals surface area contributed by atoms with E-state index in [1.807, 2.05) is 24.0 Å². The van der Waals surface area contributed by atoms with E-state index >= 15 is 0 Å². The quantitative estimate of drug-likeness (QED) is 0.674. The topological polar surface area (TPSA) is 40.9 Å². The van der Waals surface area contributed by atoms with E-state index in [1.54, 1.807) is 18.3 Å². The monoisotopic (exact) mass is 402 g/mol. The Morgan fingerprint density at radius 2 is 1.79 bits per heavy atom. The number of alkyl halides is 3. The third kappa shape index (κ3) is 4.27. The van der Waals surface area contributed by atoms with E-state index in [9.17, 15) is 18.0 Å². The van der Waals surface area contributed by atoms with Gasteiger partial charge in [-0.3, -0.25) is 14.1 Å². The number of hydrogen-bond acceptors (Lipinski definition) is 4. The number of aryl methyl sites for hydroxylation is 1. The Morgan fingerprint density at radius 3 is 2.52 bits per heavy atom. The summed E-state index contributed by atoms with van der Waals surface area (Å²) in [7, 11) is 0. The summed E-state index contributed by atoms with van der Waals surface area (Å²) in [6.07, 6.45) is -2.57. The van der Waals surface area contributed by atoms with Gasteiger partial charge < -0.3 is 4.90 Å². The minimum Gasteiger partial charge on any atom is -0.369 e. The Hall–Kier alpha value is -2.87. The van der Waals surface area contributed by atoms with Crippen molar-refractivity contribution in [2.24, 2.45) is 0 Å². The van der Waals surface area contributed by atoms with Gasteiger partial charge in [0.1, 0.15) is 5.65 Å². The molecule has 5 nitrogen and oxygen atoms in total. The summed E-state index contributed by atoms with van der Waals surface area (Å²) >= 11 is 0. The fourth-order valence-corrected chi connectivity index (χ4v) is 3.61. The van der Waals surface area contributed by atoms with E-state index in [0.717, 1.165) is 11.6 Å². The van der Waals surface area contributed by atoms with Crippen LogP contribution < -0.4 is 10.5 Å². The number of halogens is 3. The van der Waals surface area contributed by atoms with Crippen molar-refractivity contribution in [3.63, 3.8) is 0 Å². The molecule has 1 aliphatic heterocycles. The number of anilines is 1. The van der Waals surface area contributed by atoms with Gasteiger partial charge in [-0.1, -0.05) is 12.1 Å². The van der Waals surface area contributed by atoms with E-state index in [4.69, 9.17) is 0 Å². The van der Waals surface area contributed by atoms with Gasteiger partial charge in [0.15, 0.2) is 0 Å². The van der Waals surface area contributed by atoms with Crippen LogP contribution in [0.2, 0.25) is 0 Å². The molecular weight excluding hydrogens is 381 g/mol. The average molecular weight is 402 g/mol. The van der Waals surface area contributed by atoms with Crippen LogP contribution in [0, 0.1) is 6.92 Å². The van der Waals surface area contributed by atoms with Crippen molar-refractivity contribution >= 4 is 11.3 Å². The van der Waals surface area contributed by atoms with Gasteiger partial charge in [-0.15, -0.1) is 0 Å². The number of benzene rings is 1. The number of fused-ring (bicyclic) bond motifs is 1. The molecule has 29 heavy (non-hydrogen) atoms. The molecule has 1 aliphatic rings. The van der Waals surface area contributed by atoms with E-state index in [0.29, 0.717) is 49.8 Å². The number of aromatic nitrogens is 2. The summed E-state index contributed by atoms with van der Waals surface area (Å²) in [5.74, 6) is 0. The fourth-order valence-electron chi connectivity index (χ4n) is 3.61. The van der Waals surface area contributed by atoms with Gasteiger partial charge in [0.05, 0.1) is 11.3 Å². The molecule has 0 saturated carbocycles. The Bertz CT molecular complexity index is 1090. The first kappa shape index (κ1) is 19.4. The van der Waals surface area contributed by atoms with Crippen molar-refractivity contribution in [3.05, 3.63) is 75.8 Å². The van der Waals surface area contributed by atoms with Gasteiger partial charge in [-0.05, 0) is 36.8 Å². The average Bonchev–Trinajstić information content (AvgIpc) is 2.69. The number of nitrogens with zero attached hydrogens (tertiary/aromatic N) is 4. The lowest BCUT2D eigenvalue weighted by Crippen LogP contribution is -2.46. The summed E-state index contributed by atoms with van der Waals surface area (Å²) in [6, 6.07) is 10.7. The maximum atomic E-state index is 12.9. The molecule has 0 atom stereocenters. The van der Waals surface area contributed by atoms with Crippen molar-refractivity contribution in [2.75, 3.05) is 31.1 Å². The van der Waals surface area contributed by atoms with Gasteiger partial charge in [0.2, 0.25) is 0 Å². The summed E-state index contributed by atoms with van der Waals surface area (Å²) < 4.78 is 40.4. The Morgan fingerprint density at radius 1 is 1.03 bits per heavy atom. The van der Waals surface area contributed by atoms with Crippen LogP contribution in [-0.2, 0) is 12.7 Å². The van der Waals surface area contributed by atoms with Crippen LogP contribution in [0.4, 0.5) is 18.9 Å². The normalized spacial score (nSPS) is 15.8. The van der Waals surface area contributed by atoms with Crippen LogP contribution in [0.5, 0.6) is 0 Å². The van der Waals surface area contributed by atoms with Crippen molar-refractivity contribution in [2.45, 2.75) is 19.6 Å². The molecule has 0 N–H and O–H groups in total. The second-order valence-corrected chi connectivity index (χ2v) is 7.33. The number of pyridine rings is 1. The van der Waals surface area contributed by atoms with Crippen LogP contribution in [0.1, 0.15) is 16.8 Å². The fraction of sp³-hybridized carbons (Fsp3) is 0.333. The molecule has 152 valence electrons. The predicted molar refractivity (Wildman–Crippen MR) is 105 cm³/mol. The molecule has 0 radical (unpaired) electrons. The SMILES string of the molecule is Cc1ccc2nc(CN3CCN(c4cccc(C(F)(F)F)c4)CC3)cc(=O)n2c1.